The van der Waals surface area contributed by atoms with E-state index >= 15 is 0 Å². The Kier molecular flexibility index (Phi) is 14.3. The molecule has 1 unspecified atom stereocenters. The molecule has 1 aliphatic rings. The number of ether oxygens (including phenoxy) is 1. The Hall–Kier alpha value is -3.65. The van der Waals surface area contributed by atoms with E-state index in [2.05, 4.69) is 35.6 Å². The average molecular weight is 590 g/mol. The molecule has 0 saturated carbocycles. The van der Waals surface area contributed by atoms with Gasteiger partial charge in [-0.25, -0.2) is 4.79 Å². The standard InChI is InChI=1S/C25H39NO3.C11H8O3/c1-22-21-25(28,15-14-24(22)27)16-18-26-17-8-2-3-9-19-29-20-10-7-13-23-11-5-4-6-12-23;12-10-8-4-2-1-3-7(8)5-6-9(10)11(13)14/h4-6,11-12,14-15,26-28H,2-3,7-10,13,16-21H2,1H3;1-6,12H,(H,13,14). The van der Waals surface area contributed by atoms with Crippen molar-refractivity contribution < 1.29 is 30.0 Å². The van der Waals surface area contributed by atoms with E-state index in [1.807, 2.05) is 19.1 Å². The molecule has 1 aliphatic carbocycles. The lowest BCUT2D eigenvalue weighted by molar-refractivity contribution is 0.0693. The number of nitrogens with one attached hydrogen (secondary N) is 1. The predicted octanol–water partition coefficient (Wildman–Crippen LogP) is 7.33. The number of carboxylic acids is 1. The van der Waals surface area contributed by atoms with E-state index in [4.69, 9.17) is 9.84 Å². The number of aromatic hydroxyl groups is 1. The fourth-order valence-corrected chi connectivity index (χ4v) is 5.10. The van der Waals surface area contributed by atoms with Crippen LogP contribution >= 0.6 is 0 Å². The first-order valence-electron chi connectivity index (χ1n) is 15.4. The van der Waals surface area contributed by atoms with Gasteiger partial charge in [0.25, 0.3) is 0 Å². The summed E-state index contributed by atoms with van der Waals surface area (Å²) in [7, 11) is 0. The Bertz CT molecular complexity index is 1340. The molecular weight excluding hydrogens is 542 g/mol. The Balaban J connectivity index is 0.000000299. The highest BCUT2D eigenvalue weighted by atomic mass is 16.5. The molecule has 0 aromatic heterocycles. The lowest BCUT2D eigenvalue weighted by Crippen LogP contribution is -2.33. The number of rotatable bonds is 16. The van der Waals surface area contributed by atoms with E-state index < -0.39 is 11.6 Å². The normalized spacial score (nSPS) is 16.2. The number of phenols is 1. The number of aliphatic hydroxyl groups is 2. The minimum absolute atomic E-state index is 0.0660. The van der Waals surface area contributed by atoms with Gasteiger partial charge in [-0.1, -0.05) is 73.5 Å². The first kappa shape index (κ1) is 33.8. The number of allylic oxidation sites excluding steroid dienone is 1. The van der Waals surface area contributed by atoms with Crippen molar-refractivity contribution in [3.05, 3.63) is 101 Å². The molecule has 0 amide bonds. The van der Waals surface area contributed by atoms with Crippen molar-refractivity contribution in [3.63, 3.8) is 0 Å². The zero-order valence-corrected chi connectivity index (χ0v) is 25.3. The van der Waals surface area contributed by atoms with Crippen LogP contribution in [-0.4, -0.2) is 58.3 Å². The highest BCUT2D eigenvalue weighted by molar-refractivity contribution is 6.00. The zero-order valence-electron chi connectivity index (χ0n) is 25.3. The smallest absolute Gasteiger partial charge is 0.339 e. The molecular formula is C36H47NO6. The predicted molar refractivity (Wildman–Crippen MR) is 173 cm³/mol. The van der Waals surface area contributed by atoms with Crippen LogP contribution in [0.25, 0.3) is 10.8 Å². The van der Waals surface area contributed by atoms with Gasteiger partial charge in [0.05, 0.1) is 5.60 Å². The van der Waals surface area contributed by atoms with Gasteiger partial charge in [-0.05, 0) is 93.3 Å². The molecule has 0 saturated heterocycles. The van der Waals surface area contributed by atoms with Gasteiger partial charge in [-0.15, -0.1) is 0 Å². The lowest BCUT2D eigenvalue weighted by atomic mass is 9.87. The molecule has 0 aliphatic heterocycles. The van der Waals surface area contributed by atoms with Crippen LogP contribution in [0.5, 0.6) is 5.75 Å². The molecule has 1 atom stereocenters. The lowest BCUT2D eigenvalue weighted by Gasteiger charge is -2.28. The van der Waals surface area contributed by atoms with Crippen molar-refractivity contribution in [1.82, 2.24) is 5.32 Å². The SMILES string of the molecule is CC1=C(O)C=CC(O)(CCNCCCCCCOCCCCc2ccccc2)C1.O=C(O)c1ccc2ccccc2c1O. The number of fused-ring (bicyclic) bond motifs is 1. The molecule has 43 heavy (non-hydrogen) atoms. The Morgan fingerprint density at radius 3 is 2.30 bits per heavy atom. The molecule has 7 nitrogen and oxygen atoms in total. The van der Waals surface area contributed by atoms with Crippen molar-refractivity contribution in [1.29, 1.82) is 0 Å². The van der Waals surface area contributed by atoms with E-state index in [0.717, 1.165) is 62.9 Å². The summed E-state index contributed by atoms with van der Waals surface area (Å²) in [5.74, 6) is -0.998. The molecule has 0 fully saturated rings. The maximum absolute atomic E-state index is 10.7. The van der Waals surface area contributed by atoms with Gasteiger partial charge in [0.1, 0.15) is 17.1 Å². The average Bonchev–Trinajstić information content (AvgIpc) is 3.00. The first-order valence-corrected chi connectivity index (χ1v) is 15.4. The third-order valence-corrected chi connectivity index (χ3v) is 7.66. The number of unbranched alkanes of at least 4 members (excludes halogenated alkanes) is 4. The number of aryl methyl sites for hydroxylation is 1. The molecule has 4 rings (SSSR count). The molecule has 0 radical (unpaired) electrons. The maximum atomic E-state index is 10.7. The van der Waals surface area contributed by atoms with Crippen molar-refractivity contribution >= 4 is 16.7 Å². The molecule has 7 heteroatoms. The van der Waals surface area contributed by atoms with Crippen LogP contribution in [-0.2, 0) is 11.2 Å². The monoisotopic (exact) mass is 589 g/mol. The van der Waals surface area contributed by atoms with Crippen LogP contribution in [0.2, 0.25) is 0 Å². The first-order chi connectivity index (χ1) is 20.8. The fraction of sp³-hybridized carbons (Fsp3) is 0.417. The van der Waals surface area contributed by atoms with Crippen molar-refractivity contribution in [2.24, 2.45) is 0 Å². The molecule has 0 bridgehead atoms. The number of hydrogen-bond donors (Lipinski definition) is 5. The van der Waals surface area contributed by atoms with Gasteiger partial charge in [0, 0.05) is 25.0 Å². The van der Waals surface area contributed by atoms with E-state index in [1.54, 1.807) is 30.4 Å². The van der Waals surface area contributed by atoms with Crippen molar-refractivity contribution in [2.45, 2.75) is 70.3 Å². The molecule has 232 valence electrons. The van der Waals surface area contributed by atoms with Gasteiger partial charge in [-0.2, -0.15) is 0 Å². The quantitative estimate of drug-likeness (QED) is 0.111. The molecule has 3 aromatic rings. The van der Waals surface area contributed by atoms with Gasteiger partial charge < -0.3 is 30.5 Å². The summed E-state index contributed by atoms with van der Waals surface area (Å²) < 4.78 is 5.74. The maximum Gasteiger partial charge on any atom is 0.339 e. The number of hydrogen-bond acceptors (Lipinski definition) is 6. The van der Waals surface area contributed by atoms with Crippen molar-refractivity contribution in [2.75, 3.05) is 26.3 Å². The van der Waals surface area contributed by atoms with E-state index in [-0.39, 0.29) is 11.3 Å². The number of benzene rings is 3. The summed E-state index contributed by atoms with van der Waals surface area (Å²) in [6, 6.07) is 20.8. The second-order valence-electron chi connectivity index (χ2n) is 11.2. The Labute approximate surface area is 255 Å². The largest absolute Gasteiger partial charge is 0.508 e. The Morgan fingerprint density at radius 2 is 1.56 bits per heavy atom. The van der Waals surface area contributed by atoms with Gasteiger partial charge in [0.2, 0.25) is 0 Å². The number of aliphatic hydroxyl groups excluding tert-OH is 1. The molecule has 5 N–H and O–H groups in total. The van der Waals surface area contributed by atoms with E-state index in [1.165, 1.54) is 30.9 Å². The minimum atomic E-state index is -1.12. The second kappa shape index (κ2) is 18.1. The van der Waals surface area contributed by atoms with Crippen LogP contribution in [0.1, 0.15) is 74.2 Å². The van der Waals surface area contributed by atoms with Crippen LogP contribution in [0.3, 0.4) is 0 Å². The summed E-state index contributed by atoms with van der Waals surface area (Å²) in [5.41, 5.74) is 1.38. The minimum Gasteiger partial charge on any atom is -0.508 e. The summed E-state index contributed by atoms with van der Waals surface area (Å²) in [4.78, 5) is 10.7. The third kappa shape index (κ3) is 11.9. The van der Waals surface area contributed by atoms with Crippen LogP contribution in [0.15, 0.2) is 90.2 Å². The van der Waals surface area contributed by atoms with Crippen LogP contribution in [0.4, 0.5) is 0 Å². The van der Waals surface area contributed by atoms with Gasteiger partial charge in [-0.3, -0.25) is 0 Å². The van der Waals surface area contributed by atoms with Gasteiger partial charge in [0.15, 0.2) is 0 Å². The van der Waals surface area contributed by atoms with Gasteiger partial charge >= 0.3 is 5.97 Å². The number of aromatic carboxylic acids is 1. The highest BCUT2D eigenvalue weighted by Gasteiger charge is 2.27. The summed E-state index contributed by atoms with van der Waals surface area (Å²) in [5, 5.41) is 43.3. The number of carbonyl (C=O) groups is 1. The molecule has 3 aromatic carbocycles. The number of carboxylic acid groups (broad SMARTS) is 1. The third-order valence-electron chi connectivity index (χ3n) is 7.66. The van der Waals surface area contributed by atoms with Crippen LogP contribution in [0, 0.1) is 0 Å². The van der Waals surface area contributed by atoms with Crippen molar-refractivity contribution in [3.8, 4) is 5.75 Å². The molecule has 0 spiro atoms. The fourth-order valence-electron chi connectivity index (χ4n) is 5.10. The topological polar surface area (TPSA) is 119 Å². The highest BCUT2D eigenvalue weighted by Crippen LogP contribution is 2.29. The summed E-state index contributed by atoms with van der Waals surface area (Å²) in [6.07, 6.45) is 12.7. The Morgan fingerprint density at radius 1 is 0.860 bits per heavy atom. The second-order valence-corrected chi connectivity index (χ2v) is 11.2. The van der Waals surface area contributed by atoms with E-state index in [0.29, 0.717) is 24.0 Å². The summed E-state index contributed by atoms with van der Waals surface area (Å²) >= 11 is 0. The zero-order chi connectivity index (χ0) is 30.9. The van der Waals surface area contributed by atoms with Crippen LogP contribution < -0.4 is 5.32 Å². The van der Waals surface area contributed by atoms with E-state index in [9.17, 15) is 20.1 Å². The molecule has 0 heterocycles. The summed E-state index contributed by atoms with van der Waals surface area (Å²) in [6.45, 7) is 5.39.